The molecule has 0 atom stereocenters. The Morgan fingerprint density at radius 1 is 0.938 bits per heavy atom. The molecule has 0 bridgehead atoms. The Labute approximate surface area is 100 Å². The Morgan fingerprint density at radius 2 is 1.50 bits per heavy atom. The standard InChI is InChI=1S/C15H26O/c1-12(2)7-9-14(10-8-13(3)4)15-6-5-11-16-15/h5-6,11-14H,7-10H2,1-4H3. The van der Waals surface area contributed by atoms with Crippen LogP contribution in [0.4, 0.5) is 0 Å². The first-order valence-electron chi connectivity index (χ1n) is 6.63. The number of furan rings is 1. The lowest BCUT2D eigenvalue weighted by atomic mass is 9.89. The predicted molar refractivity (Wildman–Crippen MR) is 69.6 cm³/mol. The Morgan fingerprint density at radius 3 is 1.88 bits per heavy atom. The summed E-state index contributed by atoms with van der Waals surface area (Å²) < 4.78 is 5.56. The summed E-state index contributed by atoms with van der Waals surface area (Å²) in [4.78, 5) is 0. The number of hydrogen-bond donors (Lipinski definition) is 0. The van der Waals surface area contributed by atoms with Crippen LogP contribution in [0.25, 0.3) is 0 Å². The van der Waals surface area contributed by atoms with E-state index in [1.54, 1.807) is 6.26 Å². The van der Waals surface area contributed by atoms with Crippen LogP contribution in [0.5, 0.6) is 0 Å². The molecule has 0 aromatic carbocycles. The largest absolute Gasteiger partial charge is 0.469 e. The van der Waals surface area contributed by atoms with E-state index in [2.05, 4.69) is 33.8 Å². The van der Waals surface area contributed by atoms with Gasteiger partial charge in [-0.05, 0) is 36.8 Å². The van der Waals surface area contributed by atoms with Gasteiger partial charge in [-0.15, -0.1) is 0 Å². The van der Waals surface area contributed by atoms with Gasteiger partial charge >= 0.3 is 0 Å². The maximum Gasteiger partial charge on any atom is 0.106 e. The first-order valence-corrected chi connectivity index (χ1v) is 6.63. The lowest BCUT2D eigenvalue weighted by molar-refractivity contribution is 0.381. The van der Waals surface area contributed by atoms with E-state index >= 15 is 0 Å². The highest BCUT2D eigenvalue weighted by Crippen LogP contribution is 2.29. The molecule has 0 aliphatic heterocycles. The van der Waals surface area contributed by atoms with Gasteiger partial charge in [0.05, 0.1) is 6.26 Å². The van der Waals surface area contributed by atoms with E-state index in [4.69, 9.17) is 4.42 Å². The van der Waals surface area contributed by atoms with Crippen LogP contribution in [-0.4, -0.2) is 0 Å². The average Bonchev–Trinajstić information content (AvgIpc) is 2.70. The van der Waals surface area contributed by atoms with Gasteiger partial charge in [-0.2, -0.15) is 0 Å². The summed E-state index contributed by atoms with van der Waals surface area (Å²) >= 11 is 0. The third-order valence-corrected chi connectivity index (χ3v) is 3.13. The predicted octanol–water partition coefficient (Wildman–Crippen LogP) is 5.24. The zero-order valence-corrected chi connectivity index (χ0v) is 11.2. The second-order valence-electron chi connectivity index (χ2n) is 5.65. The summed E-state index contributed by atoms with van der Waals surface area (Å²) in [6, 6.07) is 4.14. The molecule has 0 spiro atoms. The van der Waals surface area contributed by atoms with Gasteiger partial charge in [-0.3, -0.25) is 0 Å². The first kappa shape index (κ1) is 13.3. The summed E-state index contributed by atoms with van der Waals surface area (Å²) in [7, 11) is 0. The van der Waals surface area contributed by atoms with Gasteiger partial charge in [0.25, 0.3) is 0 Å². The van der Waals surface area contributed by atoms with E-state index in [0.717, 1.165) is 11.8 Å². The van der Waals surface area contributed by atoms with Crippen LogP contribution in [-0.2, 0) is 0 Å². The zero-order chi connectivity index (χ0) is 12.0. The highest BCUT2D eigenvalue weighted by atomic mass is 16.3. The van der Waals surface area contributed by atoms with Crippen molar-refractivity contribution in [2.45, 2.75) is 59.3 Å². The van der Waals surface area contributed by atoms with Crippen molar-refractivity contribution in [3.63, 3.8) is 0 Å². The van der Waals surface area contributed by atoms with Crippen LogP contribution in [0, 0.1) is 11.8 Å². The van der Waals surface area contributed by atoms with E-state index in [9.17, 15) is 0 Å². The first-order chi connectivity index (χ1) is 7.59. The molecule has 1 nitrogen and oxygen atoms in total. The Bertz CT molecular complexity index is 247. The molecule has 1 aromatic heterocycles. The number of hydrogen-bond acceptors (Lipinski definition) is 1. The molecule has 0 saturated carbocycles. The lowest BCUT2D eigenvalue weighted by Gasteiger charge is -2.16. The van der Waals surface area contributed by atoms with Crippen molar-refractivity contribution in [1.82, 2.24) is 0 Å². The fraction of sp³-hybridized carbons (Fsp3) is 0.733. The quantitative estimate of drug-likeness (QED) is 0.615. The molecule has 16 heavy (non-hydrogen) atoms. The monoisotopic (exact) mass is 222 g/mol. The fourth-order valence-corrected chi connectivity index (χ4v) is 2.02. The van der Waals surface area contributed by atoms with Crippen LogP contribution in [0.2, 0.25) is 0 Å². The molecule has 0 unspecified atom stereocenters. The third kappa shape index (κ3) is 4.87. The summed E-state index contributed by atoms with van der Waals surface area (Å²) in [5.74, 6) is 3.38. The maximum absolute atomic E-state index is 5.56. The second-order valence-corrected chi connectivity index (χ2v) is 5.65. The smallest absolute Gasteiger partial charge is 0.106 e. The van der Waals surface area contributed by atoms with Gasteiger partial charge < -0.3 is 4.42 Å². The minimum absolute atomic E-state index is 0.625. The van der Waals surface area contributed by atoms with Crippen molar-refractivity contribution < 1.29 is 4.42 Å². The highest BCUT2D eigenvalue weighted by molar-refractivity contribution is 5.05. The Kier molecular flexibility index (Phi) is 5.65. The molecule has 0 amide bonds. The summed E-state index contributed by atoms with van der Waals surface area (Å²) in [6.07, 6.45) is 6.91. The van der Waals surface area contributed by atoms with Crippen LogP contribution >= 0.6 is 0 Å². The summed E-state index contributed by atoms with van der Waals surface area (Å²) in [5.41, 5.74) is 0. The zero-order valence-electron chi connectivity index (χ0n) is 11.2. The normalized spacial score (nSPS) is 11.9. The number of rotatable bonds is 7. The van der Waals surface area contributed by atoms with E-state index in [1.165, 1.54) is 31.4 Å². The van der Waals surface area contributed by atoms with E-state index in [1.807, 2.05) is 6.07 Å². The van der Waals surface area contributed by atoms with Crippen molar-refractivity contribution in [2.24, 2.45) is 11.8 Å². The molecule has 1 heterocycles. The van der Waals surface area contributed by atoms with Gasteiger partial charge in [-0.25, -0.2) is 0 Å². The molecule has 0 aliphatic rings. The summed E-state index contributed by atoms with van der Waals surface area (Å²) in [6.45, 7) is 9.17. The Hall–Kier alpha value is -0.720. The molecule has 1 aromatic rings. The topological polar surface area (TPSA) is 13.1 Å². The molecule has 1 rings (SSSR count). The minimum atomic E-state index is 0.625. The van der Waals surface area contributed by atoms with E-state index in [-0.39, 0.29) is 0 Å². The molecule has 0 saturated heterocycles. The fourth-order valence-electron chi connectivity index (χ4n) is 2.02. The van der Waals surface area contributed by atoms with Crippen LogP contribution < -0.4 is 0 Å². The van der Waals surface area contributed by atoms with Crippen molar-refractivity contribution in [2.75, 3.05) is 0 Å². The maximum atomic E-state index is 5.56. The molecule has 0 N–H and O–H groups in total. The third-order valence-electron chi connectivity index (χ3n) is 3.13. The van der Waals surface area contributed by atoms with E-state index in [0.29, 0.717) is 5.92 Å². The van der Waals surface area contributed by atoms with Crippen LogP contribution in [0.15, 0.2) is 22.8 Å². The molecule has 92 valence electrons. The van der Waals surface area contributed by atoms with Gasteiger partial charge in [0.1, 0.15) is 5.76 Å². The average molecular weight is 222 g/mol. The molecular weight excluding hydrogens is 196 g/mol. The highest BCUT2D eigenvalue weighted by Gasteiger charge is 2.15. The molecule has 0 aliphatic carbocycles. The minimum Gasteiger partial charge on any atom is -0.469 e. The van der Waals surface area contributed by atoms with Crippen molar-refractivity contribution in [1.29, 1.82) is 0 Å². The molecular formula is C15H26O. The van der Waals surface area contributed by atoms with Crippen molar-refractivity contribution in [3.8, 4) is 0 Å². The summed E-state index contributed by atoms with van der Waals surface area (Å²) in [5, 5.41) is 0. The van der Waals surface area contributed by atoms with Gasteiger partial charge in [-0.1, -0.05) is 40.5 Å². The van der Waals surface area contributed by atoms with E-state index < -0.39 is 0 Å². The van der Waals surface area contributed by atoms with Gasteiger partial charge in [0, 0.05) is 5.92 Å². The van der Waals surface area contributed by atoms with Crippen molar-refractivity contribution >= 4 is 0 Å². The Balaban J connectivity index is 2.48. The van der Waals surface area contributed by atoms with Crippen LogP contribution in [0.3, 0.4) is 0 Å². The van der Waals surface area contributed by atoms with Gasteiger partial charge in [0.15, 0.2) is 0 Å². The second kappa shape index (κ2) is 6.78. The molecule has 0 radical (unpaired) electrons. The van der Waals surface area contributed by atoms with Crippen molar-refractivity contribution in [3.05, 3.63) is 24.2 Å². The van der Waals surface area contributed by atoms with Gasteiger partial charge in [0.2, 0.25) is 0 Å². The van der Waals surface area contributed by atoms with Crippen LogP contribution in [0.1, 0.15) is 65.1 Å². The SMILES string of the molecule is CC(C)CCC(CCC(C)C)c1ccco1. The lowest BCUT2D eigenvalue weighted by Crippen LogP contribution is -2.02. The molecule has 0 fully saturated rings. The molecule has 1 heteroatoms.